The number of thiophene rings is 1. The van der Waals surface area contributed by atoms with E-state index in [0.29, 0.717) is 4.88 Å². The van der Waals surface area contributed by atoms with E-state index in [0.717, 1.165) is 23.5 Å². The van der Waals surface area contributed by atoms with E-state index < -0.39 is 17.4 Å². The van der Waals surface area contributed by atoms with Gasteiger partial charge in [-0.25, -0.2) is 9.18 Å². The fourth-order valence-corrected chi connectivity index (χ4v) is 3.57. The first kappa shape index (κ1) is 17.8. The number of halogens is 2. The average molecular weight is 401 g/mol. The fraction of sp³-hybridized carbons (Fsp3) is 0.250. The molecule has 0 aliphatic rings. The van der Waals surface area contributed by atoms with Crippen molar-refractivity contribution in [3.05, 3.63) is 57.5 Å². The number of Topliss-reactive ketones (excluding diaryl/α,β-unsaturated/α-hetero) is 1. The van der Waals surface area contributed by atoms with Crippen LogP contribution in [0.2, 0.25) is 0 Å². The summed E-state index contributed by atoms with van der Waals surface area (Å²) in [5.74, 6) is -1.51. The first-order valence-corrected chi connectivity index (χ1v) is 8.72. The number of esters is 1. The molecule has 1 aromatic carbocycles. The fourth-order valence-electron chi connectivity index (χ4n) is 2.04. The number of aliphatic hydroxyl groups is 1. The number of rotatable bonds is 6. The first-order chi connectivity index (χ1) is 10.9. The second kappa shape index (κ2) is 7.33. The zero-order valence-corrected chi connectivity index (χ0v) is 14.6. The van der Waals surface area contributed by atoms with Crippen molar-refractivity contribution >= 4 is 39.0 Å². The van der Waals surface area contributed by atoms with Crippen LogP contribution in [0.4, 0.5) is 4.39 Å². The van der Waals surface area contributed by atoms with Gasteiger partial charge in [-0.2, -0.15) is 0 Å². The molecule has 0 spiro atoms. The molecule has 0 aliphatic heterocycles. The van der Waals surface area contributed by atoms with Gasteiger partial charge in [0, 0.05) is 5.56 Å². The number of alkyl halides is 1. The van der Waals surface area contributed by atoms with Crippen molar-refractivity contribution in [1.82, 2.24) is 0 Å². The Morgan fingerprint density at radius 3 is 2.48 bits per heavy atom. The van der Waals surface area contributed by atoms with Crippen molar-refractivity contribution in [1.29, 1.82) is 0 Å². The quantitative estimate of drug-likeness (QED) is 0.459. The number of ether oxygens (including phenoxy) is 1. The summed E-state index contributed by atoms with van der Waals surface area (Å²) in [5.41, 5.74) is -1.91. The molecule has 0 fully saturated rings. The number of carbonyl (C=O) groups is 2. The van der Waals surface area contributed by atoms with E-state index in [4.69, 9.17) is 4.74 Å². The summed E-state index contributed by atoms with van der Waals surface area (Å²) in [5, 5.41) is 11.1. The smallest absolute Gasteiger partial charge is 0.348 e. The van der Waals surface area contributed by atoms with Crippen LogP contribution in [0, 0.1) is 5.82 Å². The van der Waals surface area contributed by atoms with Gasteiger partial charge in [0.15, 0.2) is 5.78 Å². The lowest BCUT2D eigenvalue weighted by Gasteiger charge is -2.25. The molecule has 1 atom stereocenters. The summed E-state index contributed by atoms with van der Waals surface area (Å²) in [4.78, 5) is 24.7. The Morgan fingerprint density at radius 1 is 1.26 bits per heavy atom. The summed E-state index contributed by atoms with van der Waals surface area (Å²) in [6.07, 6.45) is 0. The summed E-state index contributed by atoms with van der Waals surface area (Å²) >= 11 is 4.08. The van der Waals surface area contributed by atoms with Gasteiger partial charge < -0.3 is 9.84 Å². The van der Waals surface area contributed by atoms with E-state index in [1.54, 1.807) is 6.92 Å². The number of benzene rings is 1. The molecule has 0 radical (unpaired) electrons. The Bertz CT molecular complexity index is 713. The summed E-state index contributed by atoms with van der Waals surface area (Å²) in [7, 11) is 0. The minimum absolute atomic E-state index is 0.0842. The van der Waals surface area contributed by atoms with Crippen LogP contribution in [-0.2, 0) is 15.1 Å². The number of carbonyl (C=O) groups excluding carboxylic acids is 2. The van der Waals surface area contributed by atoms with Crippen LogP contribution in [-0.4, -0.2) is 28.8 Å². The Kier molecular flexibility index (Phi) is 5.67. The largest absolute Gasteiger partial charge is 0.463 e. The van der Waals surface area contributed by atoms with Crippen LogP contribution in [0.5, 0.6) is 0 Å². The van der Waals surface area contributed by atoms with E-state index in [-0.39, 0.29) is 28.2 Å². The maximum Gasteiger partial charge on any atom is 0.348 e. The molecule has 0 aliphatic carbocycles. The molecule has 2 aromatic rings. The summed E-state index contributed by atoms with van der Waals surface area (Å²) in [6.45, 7) is 1.71. The molecule has 23 heavy (non-hydrogen) atoms. The normalized spacial score (nSPS) is 13.4. The molecule has 0 saturated carbocycles. The van der Waals surface area contributed by atoms with Crippen molar-refractivity contribution in [2.24, 2.45) is 0 Å². The minimum Gasteiger partial charge on any atom is -0.463 e. The van der Waals surface area contributed by atoms with Crippen molar-refractivity contribution in [3.63, 3.8) is 0 Å². The Morgan fingerprint density at radius 2 is 1.91 bits per heavy atom. The van der Waals surface area contributed by atoms with Crippen molar-refractivity contribution in [2.75, 3.05) is 11.9 Å². The zero-order chi connectivity index (χ0) is 17.0. The molecule has 4 nitrogen and oxygen atoms in total. The van der Waals surface area contributed by atoms with Crippen LogP contribution >= 0.6 is 27.3 Å². The highest BCUT2D eigenvalue weighted by molar-refractivity contribution is 9.09. The predicted molar refractivity (Wildman–Crippen MR) is 88.5 cm³/mol. The second-order valence-electron chi connectivity index (χ2n) is 4.66. The standard InChI is InChI=1S/C16H14BrFO4S/c1-2-22-15(20)16(21,10-3-5-11(18)6-4-10)14-8-7-13(23-14)12(19)9-17/h3-8,21H,2,9H2,1H3. The number of ketones is 1. The van der Waals surface area contributed by atoms with Gasteiger partial charge in [-0.1, -0.05) is 28.1 Å². The van der Waals surface area contributed by atoms with E-state index >= 15 is 0 Å². The van der Waals surface area contributed by atoms with Crippen LogP contribution in [0.15, 0.2) is 36.4 Å². The summed E-state index contributed by atoms with van der Waals surface area (Å²) < 4.78 is 18.1. The van der Waals surface area contributed by atoms with Gasteiger partial charge in [0.1, 0.15) is 5.82 Å². The van der Waals surface area contributed by atoms with Gasteiger partial charge in [-0.05, 0) is 31.2 Å². The lowest BCUT2D eigenvalue weighted by molar-refractivity contribution is -0.161. The number of hydrogen-bond donors (Lipinski definition) is 1. The number of hydrogen-bond acceptors (Lipinski definition) is 5. The molecule has 122 valence electrons. The highest BCUT2D eigenvalue weighted by atomic mass is 79.9. The second-order valence-corrected chi connectivity index (χ2v) is 6.30. The Balaban J connectivity index is 2.53. The third-order valence-electron chi connectivity index (χ3n) is 3.19. The minimum atomic E-state index is -2.08. The van der Waals surface area contributed by atoms with E-state index in [9.17, 15) is 19.1 Å². The van der Waals surface area contributed by atoms with Gasteiger partial charge in [-0.15, -0.1) is 11.3 Å². The highest BCUT2D eigenvalue weighted by Crippen LogP contribution is 2.36. The van der Waals surface area contributed by atoms with Gasteiger partial charge >= 0.3 is 5.97 Å². The van der Waals surface area contributed by atoms with Gasteiger partial charge in [0.2, 0.25) is 5.60 Å². The molecule has 0 bridgehead atoms. The molecule has 7 heteroatoms. The van der Waals surface area contributed by atoms with Crippen LogP contribution in [0.3, 0.4) is 0 Å². The van der Waals surface area contributed by atoms with Crippen molar-refractivity contribution in [2.45, 2.75) is 12.5 Å². The lowest BCUT2D eigenvalue weighted by atomic mass is 9.92. The van der Waals surface area contributed by atoms with Crippen LogP contribution < -0.4 is 0 Å². The van der Waals surface area contributed by atoms with Crippen LogP contribution in [0.1, 0.15) is 27.0 Å². The molecule has 0 saturated heterocycles. The molecular weight excluding hydrogens is 387 g/mol. The predicted octanol–water partition coefficient (Wildman–Crippen LogP) is 3.26. The molecule has 1 heterocycles. The van der Waals surface area contributed by atoms with E-state index in [1.807, 2.05) is 0 Å². The van der Waals surface area contributed by atoms with Gasteiger partial charge in [0.05, 0.1) is 21.7 Å². The highest BCUT2D eigenvalue weighted by Gasteiger charge is 2.43. The molecule has 2 rings (SSSR count). The maximum absolute atomic E-state index is 13.1. The van der Waals surface area contributed by atoms with Crippen molar-refractivity contribution < 1.29 is 23.8 Å². The molecule has 1 unspecified atom stereocenters. The topological polar surface area (TPSA) is 63.6 Å². The Labute approximate surface area is 145 Å². The van der Waals surface area contributed by atoms with E-state index in [1.165, 1.54) is 24.3 Å². The van der Waals surface area contributed by atoms with Gasteiger partial charge in [-0.3, -0.25) is 4.79 Å². The maximum atomic E-state index is 13.1. The molecule has 1 aromatic heterocycles. The molecular formula is C16H14BrFO4S. The van der Waals surface area contributed by atoms with Crippen molar-refractivity contribution in [3.8, 4) is 0 Å². The lowest BCUT2D eigenvalue weighted by Crippen LogP contribution is -2.37. The summed E-state index contributed by atoms with van der Waals surface area (Å²) in [6, 6.07) is 7.98. The molecule has 0 amide bonds. The monoisotopic (exact) mass is 400 g/mol. The van der Waals surface area contributed by atoms with Crippen LogP contribution in [0.25, 0.3) is 0 Å². The van der Waals surface area contributed by atoms with E-state index in [2.05, 4.69) is 15.9 Å². The average Bonchev–Trinajstić information content (AvgIpc) is 3.04. The molecule has 1 N–H and O–H groups in total. The zero-order valence-electron chi connectivity index (χ0n) is 12.2. The third-order valence-corrected chi connectivity index (χ3v) is 4.94. The van der Waals surface area contributed by atoms with Gasteiger partial charge in [0.25, 0.3) is 0 Å². The third kappa shape index (κ3) is 3.52. The Hall–Kier alpha value is -1.57. The SMILES string of the molecule is CCOC(=O)C(O)(c1ccc(F)cc1)c1ccc(C(=O)CBr)s1. The first-order valence-electron chi connectivity index (χ1n) is 6.78.